The summed E-state index contributed by atoms with van der Waals surface area (Å²) in [4.78, 5) is 13.5. The Hall–Kier alpha value is -0.620. The van der Waals surface area contributed by atoms with Crippen molar-refractivity contribution in [3.05, 3.63) is 33.4 Å². The second kappa shape index (κ2) is 5.82. The van der Waals surface area contributed by atoms with E-state index in [1.807, 2.05) is 24.3 Å². The smallest absolute Gasteiger partial charge is 0.339 e. The fourth-order valence-corrected chi connectivity index (χ4v) is 2.65. The minimum absolute atomic E-state index is 0.0993. The maximum atomic E-state index is 12.0. The van der Waals surface area contributed by atoms with Gasteiger partial charge in [0.2, 0.25) is 0 Å². The molecule has 0 aliphatic carbocycles. The van der Waals surface area contributed by atoms with Crippen LogP contribution in [-0.2, 0) is 4.74 Å². The van der Waals surface area contributed by atoms with E-state index in [4.69, 9.17) is 4.74 Å². The number of ether oxygens (including phenoxy) is 1. The average molecular weight is 346 g/mol. The van der Waals surface area contributed by atoms with E-state index >= 15 is 0 Å². The first-order valence-corrected chi connectivity index (χ1v) is 7.01. The van der Waals surface area contributed by atoms with E-state index in [-0.39, 0.29) is 12.1 Å². The maximum Gasteiger partial charge on any atom is 0.339 e. The molecule has 17 heavy (non-hydrogen) atoms. The van der Waals surface area contributed by atoms with Crippen molar-refractivity contribution >= 4 is 28.6 Å². The van der Waals surface area contributed by atoms with Gasteiger partial charge in [0.1, 0.15) is 6.10 Å². The predicted molar refractivity (Wildman–Crippen MR) is 74.2 cm³/mol. The lowest BCUT2D eigenvalue weighted by Gasteiger charge is -2.26. The number of rotatable bonds is 2. The molecule has 4 heteroatoms. The average Bonchev–Trinajstić information content (AvgIpc) is 2.32. The highest BCUT2D eigenvalue weighted by Gasteiger charge is 2.23. The molecule has 2 rings (SSSR count). The van der Waals surface area contributed by atoms with E-state index in [0.29, 0.717) is 5.56 Å². The number of halogens is 1. The number of quaternary nitrogens is 1. The molecule has 1 aliphatic heterocycles. The van der Waals surface area contributed by atoms with E-state index < -0.39 is 0 Å². The van der Waals surface area contributed by atoms with Gasteiger partial charge >= 0.3 is 5.97 Å². The summed E-state index contributed by atoms with van der Waals surface area (Å²) in [5.41, 5.74) is 0.680. The third-order valence-electron chi connectivity index (χ3n) is 3.15. The summed E-state index contributed by atoms with van der Waals surface area (Å²) in [5.74, 6) is -0.181. The molecule has 1 aromatic rings. The first-order valence-electron chi connectivity index (χ1n) is 5.93. The van der Waals surface area contributed by atoms with Gasteiger partial charge in [-0.2, -0.15) is 0 Å². The lowest BCUT2D eigenvalue weighted by molar-refractivity contribution is -0.885. The van der Waals surface area contributed by atoms with Crippen LogP contribution in [-0.4, -0.2) is 32.2 Å². The summed E-state index contributed by atoms with van der Waals surface area (Å²) in [6.07, 6.45) is 2.05. The molecule has 0 unspecified atom stereocenters. The first kappa shape index (κ1) is 12.8. The molecule has 0 amide bonds. The molecule has 1 N–H and O–H groups in total. The zero-order valence-corrected chi connectivity index (χ0v) is 12.1. The van der Waals surface area contributed by atoms with Crippen molar-refractivity contribution in [1.82, 2.24) is 0 Å². The highest BCUT2D eigenvalue weighted by atomic mass is 127. The van der Waals surface area contributed by atoms with E-state index in [9.17, 15) is 4.79 Å². The van der Waals surface area contributed by atoms with Crippen LogP contribution in [0.4, 0.5) is 0 Å². The Bertz CT molecular complexity index is 400. The van der Waals surface area contributed by atoms with Gasteiger partial charge in [-0.15, -0.1) is 0 Å². The van der Waals surface area contributed by atoms with Crippen LogP contribution < -0.4 is 4.90 Å². The van der Waals surface area contributed by atoms with Gasteiger partial charge in [-0.3, -0.25) is 0 Å². The van der Waals surface area contributed by atoms with Gasteiger partial charge in [-0.25, -0.2) is 4.79 Å². The summed E-state index contributed by atoms with van der Waals surface area (Å²) < 4.78 is 6.50. The normalized spacial score (nSPS) is 24.4. The van der Waals surface area contributed by atoms with Crippen LogP contribution in [0.15, 0.2) is 24.3 Å². The van der Waals surface area contributed by atoms with Crippen LogP contribution in [0.2, 0.25) is 0 Å². The number of carbonyl (C=O) groups is 1. The summed E-state index contributed by atoms with van der Waals surface area (Å²) >= 11 is 2.17. The van der Waals surface area contributed by atoms with E-state index in [0.717, 1.165) is 29.5 Å². The molecule has 0 bridgehead atoms. The van der Waals surface area contributed by atoms with Crippen LogP contribution in [0.25, 0.3) is 0 Å². The zero-order valence-electron chi connectivity index (χ0n) is 9.91. The van der Waals surface area contributed by atoms with E-state index in [2.05, 4.69) is 29.6 Å². The molecular weight excluding hydrogens is 329 g/mol. The van der Waals surface area contributed by atoms with Crippen molar-refractivity contribution in [2.75, 3.05) is 20.1 Å². The molecule has 1 aliphatic rings. The quantitative estimate of drug-likeness (QED) is 0.643. The molecule has 0 aromatic heterocycles. The van der Waals surface area contributed by atoms with Crippen molar-refractivity contribution in [3.8, 4) is 0 Å². The predicted octanol–water partition coefficient (Wildman–Crippen LogP) is 1.13. The number of esters is 1. The van der Waals surface area contributed by atoms with E-state index in [1.165, 1.54) is 4.90 Å². The molecule has 1 heterocycles. The van der Waals surface area contributed by atoms with Crippen molar-refractivity contribution in [3.63, 3.8) is 0 Å². The summed E-state index contributed by atoms with van der Waals surface area (Å²) in [5, 5.41) is 0. The summed E-state index contributed by atoms with van der Waals surface area (Å²) in [6, 6.07) is 7.55. The number of carbonyl (C=O) groups excluding carboxylic acids is 1. The molecular formula is C13H17INO2+. The van der Waals surface area contributed by atoms with E-state index in [1.54, 1.807) is 0 Å². The van der Waals surface area contributed by atoms with Crippen LogP contribution in [0.1, 0.15) is 23.2 Å². The minimum atomic E-state index is -0.181. The summed E-state index contributed by atoms with van der Waals surface area (Å²) in [6.45, 7) is 2.17. The third-order valence-corrected chi connectivity index (χ3v) is 4.09. The molecule has 1 fully saturated rings. The second-order valence-electron chi connectivity index (χ2n) is 4.54. The molecule has 92 valence electrons. The van der Waals surface area contributed by atoms with Crippen molar-refractivity contribution < 1.29 is 14.4 Å². The topological polar surface area (TPSA) is 30.7 Å². The highest BCUT2D eigenvalue weighted by molar-refractivity contribution is 14.1. The number of hydrogen-bond donors (Lipinski definition) is 1. The molecule has 0 spiro atoms. The Kier molecular flexibility index (Phi) is 4.39. The van der Waals surface area contributed by atoms with Gasteiger partial charge in [0, 0.05) is 16.4 Å². The number of nitrogens with one attached hydrogen (secondary N) is 1. The standard InChI is InChI=1S/C13H16INO2/c1-15-8-6-10(7-9-15)17-13(16)11-4-2-3-5-12(11)14/h2-5,10H,6-9H2,1H3/p+1. The SMILES string of the molecule is C[NH+]1CCC(OC(=O)c2ccccc2I)CC1. The van der Waals surface area contributed by atoms with Gasteiger partial charge in [-0.05, 0) is 34.7 Å². The molecule has 1 saturated heterocycles. The molecule has 0 saturated carbocycles. The largest absolute Gasteiger partial charge is 0.458 e. The summed E-state index contributed by atoms with van der Waals surface area (Å²) in [7, 11) is 2.18. The maximum absolute atomic E-state index is 12.0. The number of hydrogen-bond acceptors (Lipinski definition) is 2. The Morgan fingerprint density at radius 1 is 1.35 bits per heavy atom. The van der Waals surface area contributed by atoms with Crippen LogP contribution in [0, 0.1) is 3.57 Å². The van der Waals surface area contributed by atoms with Crippen molar-refractivity contribution in [2.24, 2.45) is 0 Å². The van der Waals surface area contributed by atoms with Crippen LogP contribution >= 0.6 is 22.6 Å². The third kappa shape index (κ3) is 3.42. The molecule has 0 radical (unpaired) electrons. The Balaban J connectivity index is 1.96. The fraction of sp³-hybridized carbons (Fsp3) is 0.462. The zero-order chi connectivity index (χ0) is 12.3. The number of benzene rings is 1. The minimum Gasteiger partial charge on any atom is -0.458 e. The van der Waals surface area contributed by atoms with Gasteiger partial charge in [0.15, 0.2) is 0 Å². The first-order chi connectivity index (χ1) is 8.16. The lowest BCUT2D eigenvalue weighted by atomic mass is 10.1. The Labute approximate surface area is 115 Å². The highest BCUT2D eigenvalue weighted by Crippen LogP contribution is 2.15. The fourth-order valence-electron chi connectivity index (χ4n) is 2.04. The van der Waals surface area contributed by atoms with Gasteiger partial charge in [0.25, 0.3) is 0 Å². The number of piperidine rings is 1. The Morgan fingerprint density at radius 3 is 2.65 bits per heavy atom. The Morgan fingerprint density at radius 2 is 2.00 bits per heavy atom. The lowest BCUT2D eigenvalue weighted by Crippen LogP contribution is -3.10. The molecule has 1 aromatic carbocycles. The van der Waals surface area contributed by atoms with Gasteiger partial charge in [-0.1, -0.05) is 12.1 Å². The molecule has 0 atom stereocenters. The van der Waals surface area contributed by atoms with Crippen molar-refractivity contribution in [1.29, 1.82) is 0 Å². The van der Waals surface area contributed by atoms with Crippen LogP contribution in [0.3, 0.4) is 0 Å². The van der Waals surface area contributed by atoms with Gasteiger partial charge < -0.3 is 9.64 Å². The second-order valence-corrected chi connectivity index (χ2v) is 5.70. The van der Waals surface area contributed by atoms with Crippen molar-refractivity contribution in [2.45, 2.75) is 18.9 Å². The van der Waals surface area contributed by atoms with Gasteiger partial charge in [0.05, 0.1) is 25.7 Å². The van der Waals surface area contributed by atoms with Crippen LogP contribution in [0.5, 0.6) is 0 Å². The number of likely N-dealkylation sites (tertiary alicyclic amines) is 1. The molecule has 3 nitrogen and oxygen atoms in total. The monoisotopic (exact) mass is 346 g/mol.